The lowest BCUT2D eigenvalue weighted by Crippen LogP contribution is -2.03. The predicted octanol–water partition coefficient (Wildman–Crippen LogP) is 3.45. The first-order chi connectivity index (χ1) is 7.67. The number of benzene rings is 1. The average molecular weight is 220 g/mol. The van der Waals surface area contributed by atoms with Crippen molar-refractivity contribution in [2.75, 3.05) is 0 Å². The molecule has 1 N–H and O–H groups in total. The third-order valence-corrected chi connectivity index (χ3v) is 2.68. The Morgan fingerprint density at radius 3 is 2.25 bits per heavy atom. The minimum Gasteiger partial charge on any atom is -0.656 e. The van der Waals surface area contributed by atoms with Gasteiger partial charge >= 0.3 is 5.97 Å². The van der Waals surface area contributed by atoms with Crippen LogP contribution in [0.15, 0.2) is 24.3 Å². The van der Waals surface area contributed by atoms with Crippen molar-refractivity contribution in [1.82, 2.24) is 0 Å². The summed E-state index contributed by atoms with van der Waals surface area (Å²) in [5.74, 6) is -0.886. The summed E-state index contributed by atoms with van der Waals surface area (Å²) >= 11 is 0. The molecular formula is C13H18NO2-. The summed E-state index contributed by atoms with van der Waals surface area (Å²) in [4.78, 5) is 10.6. The van der Waals surface area contributed by atoms with Crippen molar-refractivity contribution in [2.24, 2.45) is 0 Å². The predicted molar refractivity (Wildman–Crippen MR) is 64.8 cm³/mol. The Kier molecular flexibility index (Phi) is 4.99. The Hall–Kier alpha value is -1.35. The standard InChI is InChI=1S/C13H18NO2/c1-3-12(4-2)14-9-10-5-7-11(8-6-10)13(15)16/h5-8,12H,3-4,9H2,1-2H3,(H,15,16)/q-1. The van der Waals surface area contributed by atoms with Crippen LogP contribution in [0.4, 0.5) is 0 Å². The zero-order valence-corrected chi connectivity index (χ0v) is 9.81. The van der Waals surface area contributed by atoms with Crippen LogP contribution in [0.5, 0.6) is 0 Å². The zero-order chi connectivity index (χ0) is 12.0. The summed E-state index contributed by atoms with van der Waals surface area (Å²) in [7, 11) is 0. The molecule has 0 spiro atoms. The fraction of sp³-hybridized carbons (Fsp3) is 0.462. The highest BCUT2D eigenvalue weighted by Crippen LogP contribution is 2.14. The third kappa shape index (κ3) is 3.66. The van der Waals surface area contributed by atoms with Crippen LogP contribution in [-0.2, 0) is 6.54 Å². The van der Waals surface area contributed by atoms with Gasteiger partial charge in [-0.05, 0) is 12.1 Å². The highest BCUT2D eigenvalue weighted by atomic mass is 16.4. The summed E-state index contributed by atoms with van der Waals surface area (Å²) in [5.41, 5.74) is 1.39. The second kappa shape index (κ2) is 6.28. The van der Waals surface area contributed by atoms with E-state index in [0.717, 1.165) is 18.4 Å². The Morgan fingerprint density at radius 2 is 1.81 bits per heavy atom. The van der Waals surface area contributed by atoms with Gasteiger partial charge in [0.1, 0.15) is 0 Å². The number of hydrogen-bond donors (Lipinski definition) is 1. The van der Waals surface area contributed by atoms with Crippen LogP contribution in [-0.4, -0.2) is 17.1 Å². The van der Waals surface area contributed by atoms with Crippen LogP contribution in [0.25, 0.3) is 5.32 Å². The summed E-state index contributed by atoms with van der Waals surface area (Å²) < 4.78 is 0. The van der Waals surface area contributed by atoms with E-state index in [0.29, 0.717) is 18.2 Å². The van der Waals surface area contributed by atoms with Crippen molar-refractivity contribution in [1.29, 1.82) is 0 Å². The van der Waals surface area contributed by atoms with Gasteiger partial charge in [0.15, 0.2) is 0 Å². The molecule has 3 nitrogen and oxygen atoms in total. The average Bonchev–Trinajstić information content (AvgIpc) is 2.31. The largest absolute Gasteiger partial charge is 0.656 e. The fourth-order valence-corrected chi connectivity index (χ4v) is 1.53. The maximum absolute atomic E-state index is 10.6. The highest BCUT2D eigenvalue weighted by molar-refractivity contribution is 5.87. The van der Waals surface area contributed by atoms with Gasteiger partial charge in [-0.25, -0.2) is 4.79 Å². The van der Waals surface area contributed by atoms with Crippen LogP contribution in [0.3, 0.4) is 0 Å². The molecule has 0 heterocycles. The number of carboxylic acids is 1. The van der Waals surface area contributed by atoms with Crippen molar-refractivity contribution in [2.45, 2.75) is 39.3 Å². The molecule has 0 unspecified atom stereocenters. The molecule has 88 valence electrons. The van der Waals surface area contributed by atoms with Crippen molar-refractivity contribution >= 4 is 5.97 Å². The van der Waals surface area contributed by atoms with Crippen LogP contribution >= 0.6 is 0 Å². The second-order valence-electron chi connectivity index (χ2n) is 3.81. The van der Waals surface area contributed by atoms with Crippen molar-refractivity contribution in [3.05, 3.63) is 40.7 Å². The Morgan fingerprint density at radius 1 is 1.25 bits per heavy atom. The van der Waals surface area contributed by atoms with Gasteiger partial charge in [-0.15, -0.1) is 12.6 Å². The highest BCUT2D eigenvalue weighted by Gasteiger charge is 2.00. The van der Waals surface area contributed by atoms with E-state index in [1.165, 1.54) is 0 Å². The van der Waals surface area contributed by atoms with Crippen molar-refractivity contribution < 1.29 is 9.90 Å². The van der Waals surface area contributed by atoms with Gasteiger partial charge in [-0.2, -0.15) is 0 Å². The topological polar surface area (TPSA) is 51.4 Å². The minimum atomic E-state index is -0.886. The Balaban J connectivity index is 2.52. The van der Waals surface area contributed by atoms with E-state index in [9.17, 15) is 4.79 Å². The maximum atomic E-state index is 10.6. The van der Waals surface area contributed by atoms with Crippen molar-refractivity contribution in [3.8, 4) is 0 Å². The normalized spacial score (nSPS) is 10.7. The van der Waals surface area contributed by atoms with Gasteiger partial charge in [-0.1, -0.05) is 44.4 Å². The van der Waals surface area contributed by atoms with E-state index in [1.807, 2.05) is 12.1 Å². The van der Waals surface area contributed by atoms with Crippen LogP contribution in [0.1, 0.15) is 42.6 Å². The van der Waals surface area contributed by atoms with Gasteiger partial charge in [-0.3, -0.25) is 0 Å². The van der Waals surface area contributed by atoms with E-state index in [1.54, 1.807) is 12.1 Å². The van der Waals surface area contributed by atoms with Gasteiger partial charge in [0.2, 0.25) is 0 Å². The van der Waals surface area contributed by atoms with Crippen LogP contribution in [0, 0.1) is 0 Å². The van der Waals surface area contributed by atoms with E-state index >= 15 is 0 Å². The molecule has 0 radical (unpaired) electrons. The van der Waals surface area contributed by atoms with Crippen LogP contribution in [0.2, 0.25) is 0 Å². The number of nitrogens with zero attached hydrogens (tertiary/aromatic N) is 1. The maximum Gasteiger partial charge on any atom is 0.335 e. The van der Waals surface area contributed by atoms with Gasteiger partial charge < -0.3 is 10.4 Å². The smallest absolute Gasteiger partial charge is 0.335 e. The van der Waals surface area contributed by atoms with E-state index < -0.39 is 5.97 Å². The summed E-state index contributed by atoms with van der Waals surface area (Å²) in [5, 5.41) is 13.3. The third-order valence-electron chi connectivity index (χ3n) is 2.68. The Labute approximate surface area is 96.5 Å². The summed E-state index contributed by atoms with van der Waals surface area (Å²) in [6, 6.07) is 7.32. The lowest BCUT2D eigenvalue weighted by Gasteiger charge is -2.29. The molecule has 0 amide bonds. The molecule has 3 heteroatoms. The van der Waals surface area contributed by atoms with E-state index in [2.05, 4.69) is 19.2 Å². The summed E-state index contributed by atoms with van der Waals surface area (Å²) in [6.45, 7) is 4.93. The number of carbonyl (C=O) groups is 1. The van der Waals surface area contributed by atoms with Gasteiger partial charge in [0.05, 0.1) is 5.56 Å². The molecule has 0 fully saturated rings. The molecule has 0 aliphatic carbocycles. The number of aromatic carboxylic acids is 1. The molecule has 0 atom stereocenters. The van der Waals surface area contributed by atoms with Crippen LogP contribution < -0.4 is 0 Å². The molecule has 16 heavy (non-hydrogen) atoms. The first-order valence-corrected chi connectivity index (χ1v) is 5.66. The fourth-order valence-electron chi connectivity index (χ4n) is 1.53. The monoisotopic (exact) mass is 220 g/mol. The van der Waals surface area contributed by atoms with E-state index in [-0.39, 0.29) is 0 Å². The molecular weight excluding hydrogens is 202 g/mol. The molecule has 1 aromatic carbocycles. The molecule has 0 bridgehead atoms. The van der Waals surface area contributed by atoms with Gasteiger partial charge in [0.25, 0.3) is 0 Å². The number of carboxylic acid groups (broad SMARTS) is 1. The first-order valence-electron chi connectivity index (χ1n) is 5.66. The molecule has 0 saturated heterocycles. The number of rotatable bonds is 6. The number of hydrogen-bond acceptors (Lipinski definition) is 1. The lowest BCUT2D eigenvalue weighted by atomic mass is 10.1. The van der Waals surface area contributed by atoms with Gasteiger partial charge in [0, 0.05) is 0 Å². The SMILES string of the molecule is CCC(CC)[N-]Cc1ccc(C(=O)O)cc1. The molecule has 1 rings (SSSR count). The quantitative estimate of drug-likeness (QED) is 0.798. The van der Waals surface area contributed by atoms with E-state index in [4.69, 9.17) is 5.11 Å². The zero-order valence-electron chi connectivity index (χ0n) is 9.81. The molecule has 1 aromatic rings. The molecule has 0 saturated carbocycles. The first kappa shape index (κ1) is 12.7. The second-order valence-corrected chi connectivity index (χ2v) is 3.81. The molecule has 0 aliphatic rings. The van der Waals surface area contributed by atoms with Crippen molar-refractivity contribution in [3.63, 3.8) is 0 Å². The Bertz CT molecular complexity index is 328. The minimum absolute atomic E-state index is 0.325. The molecule has 0 aromatic heterocycles. The lowest BCUT2D eigenvalue weighted by molar-refractivity contribution is 0.0697. The summed E-state index contributed by atoms with van der Waals surface area (Å²) in [6.07, 6.45) is 2.12. The molecule has 0 aliphatic heterocycles.